The number of halogens is 1. The van der Waals surface area contributed by atoms with Gasteiger partial charge in [-0.05, 0) is 33.6 Å². The van der Waals surface area contributed by atoms with E-state index in [9.17, 15) is 0 Å². The molecule has 0 aliphatic rings. The summed E-state index contributed by atoms with van der Waals surface area (Å²) in [4.78, 5) is 0. The van der Waals surface area contributed by atoms with Crippen LogP contribution in [-0.2, 0) is 4.74 Å². The lowest BCUT2D eigenvalue weighted by molar-refractivity contribution is -0.0390. The SMILES string of the molecule is CCC/C=C\C(C[CH2][Mg][I])OC(C)(C)C. The van der Waals surface area contributed by atoms with Crippen molar-refractivity contribution in [1.82, 2.24) is 0 Å². The van der Waals surface area contributed by atoms with Crippen molar-refractivity contribution >= 4 is 35.3 Å². The molecule has 0 heterocycles. The minimum atomic E-state index is -0.0198. The van der Waals surface area contributed by atoms with Crippen molar-refractivity contribution in [2.24, 2.45) is 0 Å². The molecule has 0 aliphatic heterocycles. The fourth-order valence-electron chi connectivity index (χ4n) is 1.34. The second kappa shape index (κ2) is 9.25. The van der Waals surface area contributed by atoms with E-state index in [-0.39, 0.29) is 22.1 Å². The summed E-state index contributed by atoms with van der Waals surface area (Å²) in [6, 6.07) is 0. The van der Waals surface area contributed by atoms with Gasteiger partial charge >= 0.3 is 16.5 Å². The van der Waals surface area contributed by atoms with Crippen molar-refractivity contribution in [3.8, 4) is 0 Å². The molecule has 0 N–H and O–H groups in total. The van der Waals surface area contributed by atoms with Crippen LogP contribution in [0.5, 0.6) is 0 Å². The summed E-state index contributed by atoms with van der Waals surface area (Å²) >= 11 is 2.71. The molecule has 0 aliphatic carbocycles. The zero-order valence-corrected chi connectivity index (χ0v) is 14.1. The van der Waals surface area contributed by atoms with Crippen LogP contribution in [0.3, 0.4) is 0 Å². The van der Waals surface area contributed by atoms with Crippen molar-refractivity contribution in [3.63, 3.8) is 0 Å². The standard InChI is InChI=1S/C12H23O.HI.Mg/c1-6-8-9-10-11(7-2)13-12(3,4)5;;/h9-11H,2,6-8H2,1,3-5H3;1H;/q;;+1/p-1/b10-9-;;. The highest BCUT2D eigenvalue weighted by atomic mass is 127. The van der Waals surface area contributed by atoms with Crippen molar-refractivity contribution in [1.29, 1.82) is 0 Å². The summed E-state index contributed by atoms with van der Waals surface area (Å²) in [5, 5.41) is 0. The molecular weight excluding hydrogens is 311 g/mol. The maximum Gasteiger partial charge on any atom is 0.464 e. The molecule has 0 aromatic heterocycles. The minimum absolute atomic E-state index is 0.0198. The number of rotatable bonds is 7. The van der Waals surface area contributed by atoms with Crippen LogP contribution in [0.25, 0.3) is 0 Å². The van der Waals surface area contributed by atoms with Crippen LogP contribution in [0.1, 0.15) is 47.0 Å². The molecule has 0 aromatic rings. The third-order valence-corrected chi connectivity index (χ3v) is 4.90. The van der Waals surface area contributed by atoms with Gasteiger partial charge in [0.2, 0.25) is 0 Å². The maximum atomic E-state index is 6.02. The first-order valence-electron chi connectivity index (χ1n) is 5.90. The van der Waals surface area contributed by atoms with Crippen LogP contribution in [0, 0.1) is 0 Å². The van der Waals surface area contributed by atoms with Crippen LogP contribution in [0.4, 0.5) is 0 Å². The fourth-order valence-corrected chi connectivity index (χ4v) is 3.22. The third kappa shape index (κ3) is 11.5. The number of unbranched alkanes of at least 4 members (excludes halogenated alkanes) is 1. The predicted molar refractivity (Wildman–Crippen MR) is 77.9 cm³/mol. The summed E-state index contributed by atoms with van der Waals surface area (Å²) < 4.78 is 7.39. The van der Waals surface area contributed by atoms with E-state index >= 15 is 0 Å². The monoisotopic (exact) mass is 334 g/mol. The predicted octanol–water partition coefficient (Wildman–Crippen LogP) is 4.39. The second-order valence-corrected chi connectivity index (χ2v) is 9.14. The van der Waals surface area contributed by atoms with Crippen molar-refractivity contribution < 1.29 is 4.74 Å². The lowest BCUT2D eigenvalue weighted by atomic mass is 10.1. The van der Waals surface area contributed by atoms with E-state index in [0.29, 0.717) is 6.10 Å². The van der Waals surface area contributed by atoms with Crippen molar-refractivity contribution in [2.75, 3.05) is 0 Å². The molecule has 0 rings (SSSR count). The maximum absolute atomic E-state index is 6.02. The first kappa shape index (κ1) is 16.2. The van der Waals surface area contributed by atoms with Gasteiger partial charge in [-0.1, -0.05) is 25.5 Å². The van der Waals surface area contributed by atoms with E-state index < -0.39 is 0 Å². The van der Waals surface area contributed by atoms with Crippen LogP contribution >= 0.6 is 18.9 Å². The molecule has 1 unspecified atom stereocenters. The Kier molecular flexibility index (Phi) is 9.99. The highest BCUT2D eigenvalue weighted by Gasteiger charge is 2.16. The third-order valence-electron chi connectivity index (χ3n) is 1.93. The molecule has 1 nitrogen and oxygen atoms in total. The van der Waals surface area contributed by atoms with E-state index in [4.69, 9.17) is 4.74 Å². The van der Waals surface area contributed by atoms with Gasteiger partial charge in [0, 0.05) is 0 Å². The molecule has 0 saturated heterocycles. The molecule has 0 fully saturated rings. The van der Waals surface area contributed by atoms with E-state index in [1.807, 2.05) is 0 Å². The first-order valence-corrected chi connectivity index (χ1v) is 12.0. The van der Waals surface area contributed by atoms with E-state index in [0.717, 1.165) is 0 Å². The lowest BCUT2D eigenvalue weighted by Gasteiger charge is -2.25. The summed E-state index contributed by atoms with van der Waals surface area (Å²) in [6.45, 7) is 8.61. The number of allylic oxidation sites excluding steroid dienone is 1. The molecule has 0 aromatic carbocycles. The van der Waals surface area contributed by atoms with E-state index in [1.165, 1.54) is 23.8 Å². The smallest absolute Gasteiger partial charge is 0.369 e. The summed E-state index contributed by atoms with van der Waals surface area (Å²) in [6.07, 6.45) is 8.46. The molecule has 0 amide bonds. The normalized spacial score (nSPS) is 14.2. The largest absolute Gasteiger partial charge is 0.464 e. The Balaban J connectivity index is 4.06. The molecule has 0 radical (unpaired) electrons. The average Bonchev–Trinajstić information content (AvgIpc) is 2.12. The van der Waals surface area contributed by atoms with Gasteiger partial charge in [-0.3, -0.25) is 0 Å². The van der Waals surface area contributed by atoms with Gasteiger partial charge in [-0.15, -0.1) is 4.55 Å². The van der Waals surface area contributed by atoms with Crippen LogP contribution in [-0.4, -0.2) is 28.2 Å². The van der Waals surface area contributed by atoms with E-state index in [1.54, 1.807) is 0 Å². The Morgan fingerprint density at radius 3 is 2.53 bits per heavy atom. The topological polar surface area (TPSA) is 9.23 Å². The molecule has 1 atom stereocenters. The van der Waals surface area contributed by atoms with Gasteiger partial charge in [-0.2, -0.15) is 0 Å². The van der Waals surface area contributed by atoms with Crippen LogP contribution < -0.4 is 0 Å². The zero-order valence-electron chi connectivity index (χ0n) is 10.6. The van der Waals surface area contributed by atoms with Gasteiger partial charge in [-0.25, -0.2) is 0 Å². The Morgan fingerprint density at radius 1 is 1.40 bits per heavy atom. The quantitative estimate of drug-likeness (QED) is 0.381. The molecule has 0 spiro atoms. The molecule has 0 bridgehead atoms. The number of hydrogen-bond acceptors (Lipinski definition) is 1. The summed E-state index contributed by atoms with van der Waals surface area (Å²) in [7, 11) is 0. The number of hydrogen-bond donors (Lipinski definition) is 0. The Hall–Kier alpha value is 1.20. The van der Waals surface area contributed by atoms with Gasteiger partial charge in [0.1, 0.15) is 0 Å². The molecule has 0 saturated carbocycles. The highest BCUT2D eigenvalue weighted by Crippen LogP contribution is 2.16. The fraction of sp³-hybridized carbons (Fsp3) is 0.833. The van der Waals surface area contributed by atoms with Gasteiger partial charge in [0.15, 0.2) is 0 Å². The molecule has 3 heteroatoms. The average molecular weight is 335 g/mol. The molecule has 86 valence electrons. The summed E-state index contributed by atoms with van der Waals surface area (Å²) in [5.41, 5.74) is -0.0198. The van der Waals surface area contributed by atoms with Gasteiger partial charge in [0.05, 0.1) is 11.7 Å². The van der Waals surface area contributed by atoms with Gasteiger partial charge in [0.25, 0.3) is 0 Å². The Labute approximate surface area is 115 Å². The number of ether oxygens (including phenoxy) is 1. The van der Waals surface area contributed by atoms with Crippen molar-refractivity contribution in [3.05, 3.63) is 12.2 Å². The van der Waals surface area contributed by atoms with Crippen LogP contribution in [0.15, 0.2) is 12.2 Å². The Morgan fingerprint density at radius 2 is 2.07 bits per heavy atom. The highest BCUT2D eigenvalue weighted by molar-refractivity contribution is 14.1. The second-order valence-electron chi connectivity index (χ2n) is 4.82. The zero-order chi connectivity index (χ0) is 11.7. The molecular formula is C12H23IMgO. The van der Waals surface area contributed by atoms with Crippen molar-refractivity contribution in [2.45, 2.75) is 63.2 Å². The first-order chi connectivity index (χ1) is 6.99. The van der Waals surface area contributed by atoms with Gasteiger partial charge < -0.3 is 23.6 Å². The Bertz CT molecular complexity index is 175. The van der Waals surface area contributed by atoms with Crippen LogP contribution in [0.2, 0.25) is 4.55 Å². The lowest BCUT2D eigenvalue weighted by Crippen LogP contribution is -2.26. The summed E-state index contributed by atoms with van der Waals surface area (Å²) in [5.74, 6) is 0. The van der Waals surface area contributed by atoms with E-state index in [2.05, 4.69) is 58.7 Å². The minimum Gasteiger partial charge on any atom is -0.369 e. The molecule has 15 heavy (non-hydrogen) atoms.